The van der Waals surface area contributed by atoms with Crippen molar-refractivity contribution in [3.63, 3.8) is 0 Å². The van der Waals surface area contributed by atoms with E-state index in [2.05, 4.69) is 56.4 Å². The van der Waals surface area contributed by atoms with Crippen molar-refractivity contribution in [1.82, 2.24) is 5.32 Å². The molecule has 1 N–H and O–H groups in total. The molecule has 1 nitrogen and oxygen atoms in total. The molecule has 0 aromatic heterocycles. The Labute approximate surface area is 93.9 Å². The predicted molar refractivity (Wildman–Crippen MR) is 66.9 cm³/mol. The Balaban J connectivity index is 2.50. The van der Waals surface area contributed by atoms with Crippen LogP contribution in [0.15, 0.2) is 30.3 Å². The number of rotatable bonds is 6. The summed E-state index contributed by atoms with van der Waals surface area (Å²) in [4.78, 5) is 0. The highest BCUT2D eigenvalue weighted by Crippen LogP contribution is 2.16. The summed E-state index contributed by atoms with van der Waals surface area (Å²) >= 11 is 0. The standard InChI is InChI=1S/C14H23N/c1-4-12(3)11-15-14(5-2)13-9-7-6-8-10-13/h6-10,12,14-15H,4-5,11H2,1-3H3/t12-,14+/m1/s1. The predicted octanol–water partition coefficient (Wildman–Crippen LogP) is 3.77. The van der Waals surface area contributed by atoms with E-state index >= 15 is 0 Å². The topological polar surface area (TPSA) is 12.0 Å². The molecular weight excluding hydrogens is 182 g/mol. The minimum atomic E-state index is 0.514. The normalized spacial score (nSPS) is 14.9. The van der Waals surface area contributed by atoms with Crippen LogP contribution < -0.4 is 5.32 Å². The second-order valence-corrected chi connectivity index (χ2v) is 4.29. The lowest BCUT2D eigenvalue weighted by Gasteiger charge is -2.19. The molecule has 0 aliphatic heterocycles. The first-order valence-electron chi connectivity index (χ1n) is 6.06. The summed E-state index contributed by atoms with van der Waals surface area (Å²) < 4.78 is 0. The summed E-state index contributed by atoms with van der Waals surface area (Å²) in [6.07, 6.45) is 2.40. The summed E-state index contributed by atoms with van der Waals surface area (Å²) in [5.74, 6) is 0.766. The monoisotopic (exact) mass is 205 g/mol. The van der Waals surface area contributed by atoms with Crippen molar-refractivity contribution in [3.05, 3.63) is 35.9 Å². The summed E-state index contributed by atoms with van der Waals surface area (Å²) in [5.41, 5.74) is 1.41. The summed E-state index contributed by atoms with van der Waals surface area (Å²) in [7, 11) is 0. The van der Waals surface area contributed by atoms with Crippen molar-refractivity contribution >= 4 is 0 Å². The van der Waals surface area contributed by atoms with Crippen LogP contribution in [0.1, 0.15) is 45.2 Å². The number of benzene rings is 1. The second kappa shape index (κ2) is 6.62. The van der Waals surface area contributed by atoms with Crippen LogP contribution in [0.4, 0.5) is 0 Å². The molecule has 1 aromatic rings. The highest BCUT2D eigenvalue weighted by molar-refractivity contribution is 5.18. The van der Waals surface area contributed by atoms with Gasteiger partial charge in [0.05, 0.1) is 0 Å². The fraction of sp³-hybridized carbons (Fsp3) is 0.571. The van der Waals surface area contributed by atoms with Gasteiger partial charge in [0.15, 0.2) is 0 Å². The molecule has 0 fully saturated rings. The van der Waals surface area contributed by atoms with Crippen LogP contribution in [0.25, 0.3) is 0 Å². The lowest BCUT2D eigenvalue weighted by atomic mass is 10.0. The van der Waals surface area contributed by atoms with E-state index in [1.165, 1.54) is 12.0 Å². The molecule has 0 heterocycles. The zero-order chi connectivity index (χ0) is 11.1. The SMILES string of the molecule is CC[C@@H](C)CN[C@@H](CC)c1ccccc1. The van der Waals surface area contributed by atoms with Crippen LogP contribution in [0, 0.1) is 5.92 Å². The van der Waals surface area contributed by atoms with Gasteiger partial charge in [-0.15, -0.1) is 0 Å². The van der Waals surface area contributed by atoms with Gasteiger partial charge in [0, 0.05) is 6.04 Å². The molecule has 1 rings (SSSR count). The lowest BCUT2D eigenvalue weighted by Crippen LogP contribution is -2.25. The fourth-order valence-corrected chi connectivity index (χ4v) is 1.67. The first kappa shape index (κ1) is 12.3. The number of hydrogen-bond acceptors (Lipinski definition) is 1. The van der Waals surface area contributed by atoms with Gasteiger partial charge in [-0.1, -0.05) is 57.5 Å². The molecule has 0 amide bonds. The van der Waals surface area contributed by atoms with Crippen molar-refractivity contribution in [1.29, 1.82) is 0 Å². The van der Waals surface area contributed by atoms with Crippen LogP contribution in [-0.2, 0) is 0 Å². The van der Waals surface area contributed by atoms with Gasteiger partial charge in [-0.2, -0.15) is 0 Å². The van der Waals surface area contributed by atoms with Crippen LogP contribution in [0.5, 0.6) is 0 Å². The number of hydrogen-bond donors (Lipinski definition) is 1. The molecule has 2 atom stereocenters. The van der Waals surface area contributed by atoms with Gasteiger partial charge in [0.1, 0.15) is 0 Å². The first-order chi connectivity index (χ1) is 7.27. The average Bonchev–Trinajstić information content (AvgIpc) is 2.31. The van der Waals surface area contributed by atoms with Crippen LogP contribution in [-0.4, -0.2) is 6.54 Å². The van der Waals surface area contributed by atoms with Gasteiger partial charge in [-0.05, 0) is 24.4 Å². The van der Waals surface area contributed by atoms with Gasteiger partial charge >= 0.3 is 0 Å². The fourth-order valence-electron chi connectivity index (χ4n) is 1.67. The largest absolute Gasteiger partial charge is 0.310 e. The molecule has 0 saturated heterocycles. The minimum Gasteiger partial charge on any atom is -0.310 e. The van der Waals surface area contributed by atoms with Crippen molar-refractivity contribution < 1.29 is 0 Å². The molecule has 84 valence electrons. The van der Waals surface area contributed by atoms with Crippen LogP contribution >= 0.6 is 0 Å². The molecule has 1 aromatic carbocycles. The Hall–Kier alpha value is -0.820. The zero-order valence-corrected chi connectivity index (χ0v) is 10.2. The molecule has 0 unspecified atom stereocenters. The molecular formula is C14H23N. The van der Waals surface area contributed by atoms with Crippen molar-refractivity contribution in [2.45, 2.75) is 39.7 Å². The maximum absolute atomic E-state index is 3.64. The van der Waals surface area contributed by atoms with E-state index in [-0.39, 0.29) is 0 Å². The van der Waals surface area contributed by atoms with Crippen LogP contribution in [0.3, 0.4) is 0 Å². The van der Waals surface area contributed by atoms with E-state index in [9.17, 15) is 0 Å². The Bertz CT molecular complexity index is 255. The van der Waals surface area contributed by atoms with Gasteiger partial charge in [-0.25, -0.2) is 0 Å². The van der Waals surface area contributed by atoms with E-state index in [1.54, 1.807) is 0 Å². The van der Waals surface area contributed by atoms with E-state index < -0.39 is 0 Å². The molecule has 1 heteroatoms. The summed E-state index contributed by atoms with van der Waals surface area (Å²) in [6, 6.07) is 11.2. The zero-order valence-electron chi connectivity index (χ0n) is 10.2. The summed E-state index contributed by atoms with van der Waals surface area (Å²) in [6.45, 7) is 7.89. The molecule has 0 aliphatic carbocycles. The van der Waals surface area contributed by atoms with E-state index in [0.717, 1.165) is 18.9 Å². The molecule has 15 heavy (non-hydrogen) atoms. The summed E-state index contributed by atoms with van der Waals surface area (Å²) in [5, 5.41) is 3.64. The van der Waals surface area contributed by atoms with Gasteiger partial charge in [0.25, 0.3) is 0 Å². The van der Waals surface area contributed by atoms with Crippen molar-refractivity contribution in [2.24, 2.45) is 5.92 Å². The van der Waals surface area contributed by atoms with Crippen molar-refractivity contribution in [3.8, 4) is 0 Å². The van der Waals surface area contributed by atoms with Crippen LogP contribution in [0.2, 0.25) is 0 Å². The quantitative estimate of drug-likeness (QED) is 0.745. The molecule has 0 bridgehead atoms. The molecule has 0 saturated carbocycles. The molecule has 0 radical (unpaired) electrons. The Morgan fingerprint density at radius 2 is 1.73 bits per heavy atom. The average molecular weight is 205 g/mol. The Kier molecular flexibility index (Phi) is 5.41. The van der Waals surface area contributed by atoms with Gasteiger partial charge in [-0.3, -0.25) is 0 Å². The number of nitrogens with one attached hydrogen (secondary N) is 1. The first-order valence-corrected chi connectivity index (χ1v) is 6.06. The lowest BCUT2D eigenvalue weighted by molar-refractivity contribution is 0.438. The second-order valence-electron chi connectivity index (χ2n) is 4.29. The van der Waals surface area contributed by atoms with Gasteiger partial charge in [0.2, 0.25) is 0 Å². The minimum absolute atomic E-state index is 0.514. The maximum Gasteiger partial charge on any atom is 0.0317 e. The van der Waals surface area contributed by atoms with Gasteiger partial charge < -0.3 is 5.32 Å². The third-order valence-corrected chi connectivity index (χ3v) is 3.02. The van der Waals surface area contributed by atoms with E-state index in [0.29, 0.717) is 6.04 Å². The molecule has 0 spiro atoms. The maximum atomic E-state index is 3.64. The highest BCUT2D eigenvalue weighted by atomic mass is 14.9. The Morgan fingerprint density at radius 1 is 1.07 bits per heavy atom. The highest BCUT2D eigenvalue weighted by Gasteiger charge is 2.08. The third-order valence-electron chi connectivity index (χ3n) is 3.02. The van der Waals surface area contributed by atoms with Crippen molar-refractivity contribution in [2.75, 3.05) is 6.54 Å². The smallest absolute Gasteiger partial charge is 0.0317 e. The Morgan fingerprint density at radius 3 is 2.27 bits per heavy atom. The molecule has 0 aliphatic rings. The van der Waals surface area contributed by atoms with E-state index in [4.69, 9.17) is 0 Å². The van der Waals surface area contributed by atoms with E-state index in [1.807, 2.05) is 0 Å². The third kappa shape index (κ3) is 4.05.